The van der Waals surface area contributed by atoms with Crippen molar-refractivity contribution in [2.75, 3.05) is 6.61 Å². The third-order valence-electron chi connectivity index (χ3n) is 1.92. The molecule has 1 aromatic carbocycles. The van der Waals surface area contributed by atoms with Crippen LogP contribution in [0.1, 0.15) is 17.3 Å². The lowest BCUT2D eigenvalue weighted by Gasteiger charge is -2.06. The van der Waals surface area contributed by atoms with Crippen molar-refractivity contribution in [2.45, 2.75) is 11.8 Å². The molecule has 0 aromatic heterocycles. The quantitative estimate of drug-likeness (QED) is 0.675. The van der Waals surface area contributed by atoms with E-state index in [0.717, 1.165) is 6.07 Å². The molecule has 5 nitrogen and oxygen atoms in total. The number of primary sulfonamides is 1. The molecule has 0 amide bonds. The Morgan fingerprint density at radius 1 is 1.50 bits per heavy atom. The van der Waals surface area contributed by atoms with E-state index in [1.165, 1.54) is 12.1 Å². The average molecular weight is 290 g/mol. The molecule has 7 heteroatoms. The minimum atomic E-state index is -3.98. The number of benzene rings is 1. The standard InChI is InChI=1S/C11H12ClNO4S/c1-7(2)6-17-11(14)8-3-4-9(12)10(5-8)18(13,15)16/h3-5H,1,6H2,2H3,(H2,13,15,16). The number of carbonyl (C=O) groups excluding carboxylic acids is 1. The summed E-state index contributed by atoms with van der Waals surface area (Å²) < 4.78 is 27.3. The van der Waals surface area contributed by atoms with Crippen molar-refractivity contribution in [3.8, 4) is 0 Å². The fraction of sp³-hybridized carbons (Fsp3) is 0.182. The highest BCUT2D eigenvalue weighted by atomic mass is 35.5. The number of sulfonamides is 1. The molecule has 0 spiro atoms. The van der Waals surface area contributed by atoms with Crippen LogP contribution in [-0.4, -0.2) is 21.0 Å². The van der Waals surface area contributed by atoms with Gasteiger partial charge in [-0.05, 0) is 30.7 Å². The van der Waals surface area contributed by atoms with Crippen LogP contribution in [0.15, 0.2) is 35.2 Å². The van der Waals surface area contributed by atoms with E-state index in [1.807, 2.05) is 0 Å². The molecule has 0 saturated carbocycles. The Balaban J connectivity index is 3.06. The van der Waals surface area contributed by atoms with Gasteiger partial charge in [-0.3, -0.25) is 0 Å². The van der Waals surface area contributed by atoms with Crippen molar-refractivity contribution in [2.24, 2.45) is 5.14 Å². The molecule has 98 valence electrons. The predicted molar refractivity (Wildman–Crippen MR) is 67.9 cm³/mol. The molecule has 0 aliphatic rings. The molecular formula is C11H12ClNO4S. The fourth-order valence-electron chi connectivity index (χ4n) is 1.12. The van der Waals surface area contributed by atoms with Crippen molar-refractivity contribution in [3.63, 3.8) is 0 Å². The Morgan fingerprint density at radius 2 is 2.11 bits per heavy atom. The first-order valence-electron chi connectivity index (χ1n) is 4.85. The van der Waals surface area contributed by atoms with Gasteiger partial charge in [0, 0.05) is 0 Å². The molecule has 0 aliphatic carbocycles. The van der Waals surface area contributed by atoms with E-state index < -0.39 is 16.0 Å². The Morgan fingerprint density at radius 3 is 2.61 bits per heavy atom. The minimum absolute atomic E-state index is 0.0473. The fourth-order valence-corrected chi connectivity index (χ4v) is 2.19. The molecule has 0 atom stereocenters. The number of nitrogens with two attached hydrogens (primary N) is 1. The van der Waals surface area contributed by atoms with Gasteiger partial charge in [0.25, 0.3) is 0 Å². The number of halogens is 1. The average Bonchev–Trinajstić information content (AvgIpc) is 2.24. The van der Waals surface area contributed by atoms with Gasteiger partial charge in [0.2, 0.25) is 10.0 Å². The zero-order valence-corrected chi connectivity index (χ0v) is 11.2. The zero-order chi connectivity index (χ0) is 13.9. The highest BCUT2D eigenvalue weighted by molar-refractivity contribution is 7.89. The molecule has 0 heterocycles. The Labute approximate surface area is 110 Å². The summed E-state index contributed by atoms with van der Waals surface area (Å²) in [6.45, 7) is 5.34. The Bertz CT molecular complexity index is 595. The van der Waals surface area contributed by atoms with Gasteiger partial charge in [-0.25, -0.2) is 18.4 Å². The monoisotopic (exact) mass is 289 g/mol. The van der Waals surface area contributed by atoms with Crippen LogP contribution in [0.4, 0.5) is 0 Å². The number of carbonyl (C=O) groups is 1. The summed E-state index contributed by atoms with van der Waals surface area (Å²) >= 11 is 5.69. The molecular weight excluding hydrogens is 278 g/mol. The van der Waals surface area contributed by atoms with E-state index >= 15 is 0 Å². The van der Waals surface area contributed by atoms with Gasteiger partial charge in [-0.1, -0.05) is 18.2 Å². The van der Waals surface area contributed by atoms with Crippen LogP contribution in [0.25, 0.3) is 0 Å². The van der Waals surface area contributed by atoms with Crippen molar-refractivity contribution in [1.29, 1.82) is 0 Å². The summed E-state index contributed by atoms with van der Waals surface area (Å²) in [5.74, 6) is -0.667. The van der Waals surface area contributed by atoms with Crippen LogP contribution in [-0.2, 0) is 14.8 Å². The van der Waals surface area contributed by atoms with E-state index in [4.69, 9.17) is 21.5 Å². The van der Waals surface area contributed by atoms with Gasteiger partial charge >= 0.3 is 5.97 Å². The van der Waals surface area contributed by atoms with Gasteiger partial charge in [-0.15, -0.1) is 0 Å². The van der Waals surface area contributed by atoms with E-state index in [2.05, 4.69) is 6.58 Å². The largest absolute Gasteiger partial charge is 0.458 e. The number of hydrogen-bond donors (Lipinski definition) is 1. The van der Waals surface area contributed by atoms with E-state index in [0.29, 0.717) is 5.57 Å². The first kappa shape index (κ1) is 14.7. The van der Waals surface area contributed by atoms with Crippen LogP contribution < -0.4 is 5.14 Å². The van der Waals surface area contributed by atoms with Crippen LogP contribution in [0.3, 0.4) is 0 Å². The van der Waals surface area contributed by atoms with Crippen molar-refractivity contribution in [3.05, 3.63) is 40.9 Å². The van der Waals surface area contributed by atoms with Crippen molar-refractivity contribution < 1.29 is 17.9 Å². The third-order valence-corrected chi connectivity index (χ3v) is 3.32. The smallest absolute Gasteiger partial charge is 0.338 e. The first-order valence-corrected chi connectivity index (χ1v) is 6.78. The number of rotatable bonds is 4. The maximum Gasteiger partial charge on any atom is 0.338 e. The molecule has 0 unspecified atom stereocenters. The summed E-state index contributed by atoms with van der Waals surface area (Å²) in [5, 5.41) is 4.92. The molecule has 0 aliphatic heterocycles. The summed E-state index contributed by atoms with van der Waals surface area (Å²) in [4.78, 5) is 11.3. The van der Waals surface area contributed by atoms with Gasteiger partial charge in [0.05, 0.1) is 10.6 Å². The molecule has 0 saturated heterocycles. The second-order valence-electron chi connectivity index (χ2n) is 3.72. The summed E-state index contributed by atoms with van der Waals surface area (Å²) in [7, 11) is -3.98. The highest BCUT2D eigenvalue weighted by Gasteiger charge is 2.17. The molecule has 0 bridgehead atoms. The Hall–Kier alpha value is -1.37. The maximum absolute atomic E-state index is 11.6. The lowest BCUT2D eigenvalue weighted by molar-refractivity contribution is 0.0540. The van der Waals surface area contributed by atoms with E-state index in [-0.39, 0.29) is 22.1 Å². The molecule has 18 heavy (non-hydrogen) atoms. The number of hydrogen-bond acceptors (Lipinski definition) is 4. The molecule has 1 rings (SSSR count). The second-order valence-corrected chi connectivity index (χ2v) is 5.66. The minimum Gasteiger partial charge on any atom is -0.458 e. The van der Waals surface area contributed by atoms with E-state index in [1.54, 1.807) is 6.92 Å². The first-order chi connectivity index (χ1) is 8.21. The van der Waals surface area contributed by atoms with Crippen molar-refractivity contribution in [1.82, 2.24) is 0 Å². The molecule has 2 N–H and O–H groups in total. The Kier molecular flexibility index (Phi) is 4.50. The summed E-state index contributed by atoms with van der Waals surface area (Å²) in [6, 6.07) is 3.72. The van der Waals surface area contributed by atoms with Crippen molar-refractivity contribution >= 4 is 27.6 Å². The van der Waals surface area contributed by atoms with Crippen LogP contribution in [0.2, 0.25) is 5.02 Å². The summed E-state index contributed by atoms with van der Waals surface area (Å²) in [6.07, 6.45) is 0. The van der Waals surface area contributed by atoms with Gasteiger partial charge in [0.15, 0.2) is 0 Å². The topological polar surface area (TPSA) is 86.5 Å². The lowest BCUT2D eigenvalue weighted by atomic mass is 10.2. The molecule has 0 radical (unpaired) electrons. The third kappa shape index (κ3) is 3.83. The van der Waals surface area contributed by atoms with Crippen LogP contribution in [0.5, 0.6) is 0 Å². The van der Waals surface area contributed by atoms with Gasteiger partial charge in [-0.2, -0.15) is 0 Å². The van der Waals surface area contributed by atoms with Crippen LogP contribution in [0, 0.1) is 0 Å². The SMILES string of the molecule is C=C(C)COC(=O)c1ccc(Cl)c(S(N)(=O)=O)c1. The molecule has 1 aromatic rings. The molecule has 0 fully saturated rings. The maximum atomic E-state index is 11.6. The lowest BCUT2D eigenvalue weighted by Crippen LogP contribution is -2.14. The normalized spacial score (nSPS) is 11.1. The van der Waals surface area contributed by atoms with Crippen LogP contribution >= 0.6 is 11.6 Å². The van der Waals surface area contributed by atoms with E-state index in [9.17, 15) is 13.2 Å². The zero-order valence-electron chi connectivity index (χ0n) is 9.64. The summed E-state index contributed by atoms with van der Waals surface area (Å²) in [5.41, 5.74) is 0.730. The predicted octanol–water partition coefficient (Wildman–Crippen LogP) is 1.72. The second kappa shape index (κ2) is 5.51. The van der Waals surface area contributed by atoms with Gasteiger partial charge < -0.3 is 4.74 Å². The number of esters is 1. The highest BCUT2D eigenvalue weighted by Crippen LogP contribution is 2.21. The number of ether oxygens (including phenoxy) is 1. The van der Waals surface area contributed by atoms with Gasteiger partial charge in [0.1, 0.15) is 11.5 Å².